The van der Waals surface area contributed by atoms with E-state index in [9.17, 15) is 4.79 Å². The van der Waals surface area contributed by atoms with Gasteiger partial charge in [-0.2, -0.15) is 0 Å². The van der Waals surface area contributed by atoms with E-state index in [-0.39, 0.29) is 5.91 Å². The van der Waals surface area contributed by atoms with Gasteiger partial charge in [0.2, 0.25) is 11.0 Å². The molecule has 0 bridgehead atoms. The Balaban J connectivity index is 1.70. The molecule has 3 N–H and O–H groups in total. The van der Waals surface area contributed by atoms with Crippen molar-refractivity contribution in [3.8, 4) is 0 Å². The summed E-state index contributed by atoms with van der Waals surface area (Å²) in [4.78, 5) is 11.6. The van der Waals surface area contributed by atoms with Gasteiger partial charge < -0.3 is 15.8 Å². The number of amides is 1. The maximum absolute atomic E-state index is 11.6. The maximum Gasteiger partial charge on any atom is 0.220 e. The fourth-order valence-corrected chi connectivity index (χ4v) is 2.36. The van der Waals surface area contributed by atoms with E-state index in [1.165, 1.54) is 11.3 Å². The van der Waals surface area contributed by atoms with Crippen LogP contribution in [-0.2, 0) is 16.1 Å². The van der Waals surface area contributed by atoms with Crippen molar-refractivity contribution in [3.05, 3.63) is 5.01 Å². The number of ether oxygens (including phenoxy) is 1. The molecule has 1 saturated heterocycles. The van der Waals surface area contributed by atoms with Crippen molar-refractivity contribution < 1.29 is 9.53 Å². The molecule has 1 aromatic heterocycles. The average molecular weight is 256 g/mol. The Hall–Kier alpha value is -1.21. The van der Waals surface area contributed by atoms with Crippen molar-refractivity contribution in [2.24, 2.45) is 5.92 Å². The van der Waals surface area contributed by atoms with Gasteiger partial charge in [0.25, 0.3) is 0 Å². The first-order valence-electron chi connectivity index (χ1n) is 5.66. The zero-order chi connectivity index (χ0) is 12.1. The molecule has 1 aliphatic heterocycles. The van der Waals surface area contributed by atoms with Crippen LogP contribution < -0.4 is 11.1 Å². The average Bonchev–Trinajstić information content (AvgIpc) is 2.74. The van der Waals surface area contributed by atoms with Crippen molar-refractivity contribution >= 4 is 22.4 Å². The number of nitrogens with two attached hydrogens (primary N) is 1. The van der Waals surface area contributed by atoms with Crippen LogP contribution >= 0.6 is 11.3 Å². The Morgan fingerprint density at radius 1 is 1.59 bits per heavy atom. The largest absolute Gasteiger partial charge is 0.381 e. The number of nitrogens with one attached hydrogen (secondary N) is 1. The molecule has 7 heteroatoms. The van der Waals surface area contributed by atoms with Crippen LogP contribution in [0.25, 0.3) is 0 Å². The van der Waals surface area contributed by atoms with Crippen LogP contribution in [0.2, 0.25) is 0 Å². The van der Waals surface area contributed by atoms with Crippen molar-refractivity contribution in [2.45, 2.75) is 25.8 Å². The summed E-state index contributed by atoms with van der Waals surface area (Å²) < 4.78 is 5.33. The molecular formula is C10H16N4O2S. The third-order valence-corrected chi connectivity index (χ3v) is 3.40. The lowest BCUT2D eigenvalue weighted by Crippen LogP contribution is -2.28. The number of rotatable bonds is 4. The minimum Gasteiger partial charge on any atom is -0.381 e. The van der Waals surface area contributed by atoms with Crippen molar-refractivity contribution in [3.63, 3.8) is 0 Å². The topological polar surface area (TPSA) is 90.1 Å². The standard InChI is InChI=1S/C10H16N4O2S/c11-10-14-13-9(17-10)5-12-8(15)4-7-2-1-3-16-6-7/h7H,1-6H2,(H2,11,14)(H,12,15)/t7-/m0/s1. The van der Waals surface area contributed by atoms with E-state index >= 15 is 0 Å². The summed E-state index contributed by atoms with van der Waals surface area (Å²) in [6.07, 6.45) is 2.64. The highest BCUT2D eigenvalue weighted by Gasteiger charge is 2.17. The predicted octanol–water partition coefficient (Wildman–Crippen LogP) is 0.553. The smallest absolute Gasteiger partial charge is 0.220 e. The van der Waals surface area contributed by atoms with Crippen molar-refractivity contribution in [2.75, 3.05) is 18.9 Å². The maximum atomic E-state index is 11.6. The summed E-state index contributed by atoms with van der Waals surface area (Å²) in [7, 11) is 0. The van der Waals surface area contributed by atoms with Gasteiger partial charge in [0, 0.05) is 19.6 Å². The Morgan fingerprint density at radius 2 is 2.47 bits per heavy atom. The minimum absolute atomic E-state index is 0.0364. The van der Waals surface area contributed by atoms with Crippen molar-refractivity contribution in [1.82, 2.24) is 15.5 Å². The van der Waals surface area contributed by atoms with Crippen LogP contribution in [0.3, 0.4) is 0 Å². The van der Waals surface area contributed by atoms with Gasteiger partial charge in [-0.15, -0.1) is 10.2 Å². The van der Waals surface area contributed by atoms with Crippen LogP contribution in [-0.4, -0.2) is 29.3 Å². The van der Waals surface area contributed by atoms with E-state index in [0.29, 0.717) is 30.6 Å². The fraction of sp³-hybridized carbons (Fsp3) is 0.700. The molecule has 0 saturated carbocycles. The van der Waals surface area contributed by atoms with Crippen molar-refractivity contribution in [1.29, 1.82) is 0 Å². The van der Waals surface area contributed by atoms with Crippen LogP contribution in [0.4, 0.5) is 5.13 Å². The molecule has 2 heterocycles. The Kier molecular flexibility index (Phi) is 4.27. The first kappa shape index (κ1) is 12.3. The number of anilines is 1. The fourth-order valence-electron chi connectivity index (χ4n) is 1.81. The second kappa shape index (κ2) is 5.92. The van der Waals surface area contributed by atoms with E-state index in [0.717, 1.165) is 24.5 Å². The highest BCUT2D eigenvalue weighted by Crippen LogP contribution is 2.17. The zero-order valence-corrected chi connectivity index (χ0v) is 10.3. The highest BCUT2D eigenvalue weighted by molar-refractivity contribution is 7.15. The second-order valence-electron chi connectivity index (χ2n) is 4.10. The minimum atomic E-state index is 0.0364. The van der Waals surface area contributed by atoms with Gasteiger partial charge in [0.05, 0.1) is 6.54 Å². The molecule has 1 amide bonds. The molecule has 0 unspecified atom stereocenters. The highest BCUT2D eigenvalue weighted by atomic mass is 32.1. The van der Waals surface area contributed by atoms with E-state index in [2.05, 4.69) is 15.5 Å². The second-order valence-corrected chi connectivity index (χ2v) is 5.19. The Bertz CT molecular complexity index is 376. The van der Waals surface area contributed by atoms with Gasteiger partial charge in [0.15, 0.2) is 0 Å². The zero-order valence-electron chi connectivity index (χ0n) is 9.52. The molecule has 1 aromatic rings. The number of hydrogen-bond acceptors (Lipinski definition) is 6. The first-order valence-corrected chi connectivity index (χ1v) is 6.48. The van der Waals surface area contributed by atoms with Crippen LogP contribution in [0.5, 0.6) is 0 Å². The van der Waals surface area contributed by atoms with E-state index in [4.69, 9.17) is 10.5 Å². The molecule has 0 aliphatic carbocycles. The van der Waals surface area contributed by atoms with Gasteiger partial charge in [-0.1, -0.05) is 11.3 Å². The number of nitrogens with zero attached hydrogens (tertiary/aromatic N) is 2. The molecule has 0 radical (unpaired) electrons. The number of carbonyl (C=O) groups excluding carboxylic acids is 1. The summed E-state index contributed by atoms with van der Waals surface area (Å²) in [5, 5.41) is 11.5. The third kappa shape index (κ3) is 3.94. The molecule has 1 atom stereocenters. The van der Waals surface area contributed by atoms with Gasteiger partial charge in [-0.05, 0) is 18.8 Å². The van der Waals surface area contributed by atoms with Crippen LogP contribution in [0.1, 0.15) is 24.3 Å². The molecule has 0 spiro atoms. The lowest BCUT2D eigenvalue weighted by molar-refractivity contribution is -0.123. The molecule has 6 nitrogen and oxygen atoms in total. The van der Waals surface area contributed by atoms with Crippen LogP contribution in [0, 0.1) is 5.92 Å². The summed E-state index contributed by atoms with van der Waals surface area (Å²) in [6, 6.07) is 0. The first-order chi connectivity index (χ1) is 8.24. The number of aromatic nitrogens is 2. The van der Waals surface area contributed by atoms with E-state index < -0.39 is 0 Å². The lowest BCUT2D eigenvalue weighted by atomic mass is 9.98. The quantitative estimate of drug-likeness (QED) is 0.821. The molecule has 1 aliphatic rings. The molecule has 2 rings (SSSR count). The molecule has 1 fully saturated rings. The monoisotopic (exact) mass is 256 g/mol. The SMILES string of the molecule is Nc1nnc(CNC(=O)C[C@@H]2CCCOC2)s1. The number of hydrogen-bond donors (Lipinski definition) is 2. The summed E-state index contributed by atoms with van der Waals surface area (Å²) in [5.74, 6) is 0.387. The summed E-state index contributed by atoms with van der Waals surface area (Å²) >= 11 is 1.29. The Morgan fingerprint density at radius 3 is 3.12 bits per heavy atom. The molecule has 0 aromatic carbocycles. The molecule has 17 heavy (non-hydrogen) atoms. The Labute approximate surface area is 104 Å². The molecular weight excluding hydrogens is 240 g/mol. The third-order valence-electron chi connectivity index (χ3n) is 2.65. The lowest BCUT2D eigenvalue weighted by Gasteiger charge is -2.21. The van der Waals surface area contributed by atoms with Gasteiger partial charge in [0.1, 0.15) is 5.01 Å². The number of carbonyl (C=O) groups is 1. The van der Waals surface area contributed by atoms with Gasteiger partial charge in [-0.25, -0.2) is 0 Å². The molecule has 94 valence electrons. The predicted molar refractivity (Wildman–Crippen MR) is 64.3 cm³/mol. The normalized spacial score (nSPS) is 20.1. The van der Waals surface area contributed by atoms with E-state index in [1.807, 2.05) is 0 Å². The van der Waals surface area contributed by atoms with Gasteiger partial charge >= 0.3 is 0 Å². The van der Waals surface area contributed by atoms with Crippen LogP contribution in [0.15, 0.2) is 0 Å². The number of nitrogen functional groups attached to an aromatic ring is 1. The van der Waals surface area contributed by atoms with E-state index in [1.54, 1.807) is 0 Å². The summed E-state index contributed by atoms with van der Waals surface area (Å²) in [6.45, 7) is 1.92. The summed E-state index contributed by atoms with van der Waals surface area (Å²) in [5.41, 5.74) is 5.45. The van der Waals surface area contributed by atoms with Gasteiger partial charge in [-0.3, -0.25) is 4.79 Å².